The Balaban J connectivity index is 2.30. The predicted molar refractivity (Wildman–Crippen MR) is 79.3 cm³/mol. The lowest BCUT2D eigenvalue weighted by Crippen LogP contribution is -2.35. The molecule has 0 bridgehead atoms. The fourth-order valence-corrected chi connectivity index (χ4v) is 2.35. The summed E-state index contributed by atoms with van der Waals surface area (Å²) in [7, 11) is 3.24. The highest BCUT2D eigenvalue weighted by atomic mass is 16.5. The Morgan fingerprint density at radius 1 is 1.30 bits per heavy atom. The molecule has 0 saturated carbocycles. The number of carbonyl (C=O) groups excluding carboxylic acids is 1. The molecule has 1 aliphatic heterocycles. The van der Waals surface area contributed by atoms with Gasteiger partial charge in [-0.1, -0.05) is 6.92 Å². The van der Waals surface area contributed by atoms with Crippen LogP contribution in [0.4, 0.5) is 0 Å². The van der Waals surface area contributed by atoms with Crippen LogP contribution in [0.1, 0.15) is 18.9 Å². The third-order valence-electron chi connectivity index (χ3n) is 3.62. The van der Waals surface area contributed by atoms with Crippen LogP contribution in [0.3, 0.4) is 0 Å². The van der Waals surface area contributed by atoms with E-state index in [1.807, 2.05) is 24.3 Å². The minimum Gasteiger partial charge on any atom is -0.497 e. The van der Waals surface area contributed by atoms with Crippen molar-refractivity contribution in [1.29, 1.82) is 0 Å². The van der Waals surface area contributed by atoms with Gasteiger partial charge < -0.3 is 9.47 Å². The third kappa shape index (κ3) is 3.20. The topological polar surface area (TPSA) is 38.8 Å². The van der Waals surface area contributed by atoms with Gasteiger partial charge in [-0.05, 0) is 24.8 Å². The Bertz CT molecular complexity index is 522. The highest BCUT2D eigenvalue weighted by Crippen LogP contribution is 2.27. The van der Waals surface area contributed by atoms with Crippen LogP contribution < -0.4 is 9.47 Å². The molecule has 0 atom stereocenters. The normalized spacial score (nSPS) is 18.4. The van der Waals surface area contributed by atoms with Crippen molar-refractivity contribution in [2.75, 3.05) is 33.9 Å². The molecule has 1 aliphatic rings. The fraction of sp³-hybridized carbons (Fsp3) is 0.438. The first-order chi connectivity index (χ1) is 9.67. The van der Waals surface area contributed by atoms with Gasteiger partial charge in [0.05, 0.1) is 14.2 Å². The number of benzene rings is 1. The molecule has 1 fully saturated rings. The number of ether oxygens (including phenoxy) is 2. The molecule has 1 heterocycles. The number of hydrogen-bond donors (Lipinski definition) is 0. The minimum atomic E-state index is 0.229. The summed E-state index contributed by atoms with van der Waals surface area (Å²) in [4.78, 5) is 14.3. The van der Waals surface area contributed by atoms with Gasteiger partial charge in [-0.3, -0.25) is 9.69 Å². The predicted octanol–water partition coefficient (Wildman–Crippen LogP) is 2.38. The van der Waals surface area contributed by atoms with E-state index in [9.17, 15) is 4.79 Å². The van der Waals surface area contributed by atoms with Crippen molar-refractivity contribution in [2.24, 2.45) is 0 Å². The van der Waals surface area contributed by atoms with E-state index in [1.165, 1.54) is 0 Å². The lowest BCUT2D eigenvalue weighted by atomic mass is 10.00. The summed E-state index contributed by atoms with van der Waals surface area (Å²) >= 11 is 0. The average Bonchev–Trinajstić information content (AvgIpc) is 2.49. The highest BCUT2D eigenvalue weighted by Gasteiger charge is 2.20. The van der Waals surface area contributed by atoms with Crippen LogP contribution in [0.15, 0.2) is 23.8 Å². The smallest absolute Gasteiger partial charge is 0.161 e. The van der Waals surface area contributed by atoms with Crippen LogP contribution in [0.2, 0.25) is 0 Å². The summed E-state index contributed by atoms with van der Waals surface area (Å²) in [5, 5.41) is 0. The average molecular weight is 275 g/mol. The number of piperidine rings is 1. The SMILES string of the molecule is CCN1CCC(=O)/C(=C/c2ccc(OC)cc2OC)C1. The van der Waals surface area contributed by atoms with Crippen molar-refractivity contribution in [3.05, 3.63) is 29.3 Å². The Morgan fingerprint density at radius 2 is 2.10 bits per heavy atom. The van der Waals surface area contributed by atoms with E-state index in [-0.39, 0.29) is 5.78 Å². The maximum Gasteiger partial charge on any atom is 0.161 e. The maximum absolute atomic E-state index is 12.0. The maximum atomic E-state index is 12.0. The standard InChI is InChI=1S/C16H21NO3/c1-4-17-8-7-15(18)13(11-17)9-12-5-6-14(19-2)10-16(12)20-3/h5-6,9-10H,4,7-8,11H2,1-3H3/b13-9+. The quantitative estimate of drug-likeness (QED) is 0.791. The van der Waals surface area contributed by atoms with Crippen molar-refractivity contribution in [3.63, 3.8) is 0 Å². The summed E-state index contributed by atoms with van der Waals surface area (Å²) in [6.45, 7) is 4.64. The van der Waals surface area contributed by atoms with Crippen LogP contribution in [-0.4, -0.2) is 44.5 Å². The van der Waals surface area contributed by atoms with Gasteiger partial charge in [-0.2, -0.15) is 0 Å². The number of Topliss-reactive ketones (excluding diaryl/α,β-unsaturated/α-hetero) is 1. The zero-order valence-corrected chi connectivity index (χ0v) is 12.3. The van der Waals surface area contributed by atoms with Gasteiger partial charge in [0.25, 0.3) is 0 Å². The fourth-order valence-electron chi connectivity index (χ4n) is 2.35. The number of likely N-dealkylation sites (tertiary alicyclic amines) is 1. The summed E-state index contributed by atoms with van der Waals surface area (Å²) in [6.07, 6.45) is 2.53. The molecular formula is C16H21NO3. The molecule has 0 amide bonds. The van der Waals surface area contributed by atoms with Gasteiger partial charge in [0, 0.05) is 36.7 Å². The Labute approximate surface area is 120 Å². The first-order valence-electron chi connectivity index (χ1n) is 6.86. The molecule has 0 unspecified atom stereocenters. The van der Waals surface area contributed by atoms with Gasteiger partial charge in [0.2, 0.25) is 0 Å². The van der Waals surface area contributed by atoms with Gasteiger partial charge in [-0.25, -0.2) is 0 Å². The highest BCUT2D eigenvalue weighted by molar-refractivity contribution is 6.01. The van der Waals surface area contributed by atoms with E-state index in [1.54, 1.807) is 14.2 Å². The first-order valence-corrected chi connectivity index (χ1v) is 6.86. The second kappa shape index (κ2) is 6.57. The van der Waals surface area contributed by atoms with Gasteiger partial charge in [-0.15, -0.1) is 0 Å². The second-order valence-corrected chi connectivity index (χ2v) is 4.82. The molecule has 0 aliphatic carbocycles. The van der Waals surface area contributed by atoms with E-state index in [2.05, 4.69) is 11.8 Å². The molecule has 108 valence electrons. The molecule has 2 rings (SSSR count). The van der Waals surface area contributed by atoms with Crippen LogP contribution in [-0.2, 0) is 4.79 Å². The van der Waals surface area contributed by atoms with Gasteiger partial charge in [0.15, 0.2) is 5.78 Å². The number of nitrogens with zero attached hydrogens (tertiary/aromatic N) is 1. The van der Waals surface area contributed by atoms with E-state index in [0.29, 0.717) is 13.0 Å². The molecule has 20 heavy (non-hydrogen) atoms. The molecule has 4 nitrogen and oxygen atoms in total. The zero-order valence-electron chi connectivity index (χ0n) is 12.3. The second-order valence-electron chi connectivity index (χ2n) is 4.82. The largest absolute Gasteiger partial charge is 0.497 e. The number of rotatable bonds is 4. The van der Waals surface area contributed by atoms with Crippen LogP contribution >= 0.6 is 0 Å². The van der Waals surface area contributed by atoms with Gasteiger partial charge >= 0.3 is 0 Å². The zero-order chi connectivity index (χ0) is 14.5. The number of methoxy groups -OCH3 is 2. The Hall–Kier alpha value is -1.81. The molecule has 1 aromatic rings. The minimum absolute atomic E-state index is 0.229. The Morgan fingerprint density at radius 3 is 2.75 bits per heavy atom. The number of likely N-dealkylation sites (N-methyl/N-ethyl adjacent to an activating group) is 1. The van der Waals surface area contributed by atoms with Crippen molar-refractivity contribution in [3.8, 4) is 11.5 Å². The summed E-state index contributed by atoms with van der Waals surface area (Å²) in [6, 6.07) is 5.62. The molecular weight excluding hydrogens is 254 g/mol. The monoisotopic (exact) mass is 275 g/mol. The molecule has 1 saturated heterocycles. The molecule has 0 N–H and O–H groups in total. The molecule has 1 aromatic carbocycles. The lowest BCUT2D eigenvalue weighted by Gasteiger charge is -2.26. The van der Waals surface area contributed by atoms with E-state index < -0.39 is 0 Å². The van der Waals surface area contributed by atoms with Crippen LogP contribution in [0.25, 0.3) is 6.08 Å². The van der Waals surface area contributed by atoms with Crippen molar-refractivity contribution < 1.29 is 14.3 Å². The van der Waals surface area contributed by atoms with Crippen LogP contribution in [0.5, 0.6) is 11.5 Å². The van der Waals surface area contributed by atoms with E-state index >= 15 is 0 Å². The molecule has 0 aromatic heterocycles. The third-order valence-corrected chi connectivity index (χ3v) is 3.62. The molecule has 0 spiro atoms. The number of ketones is 1. The molecule has 4 heteroatoms. The van der Waals surface area contributed by atoms with Gasteiger partial charge in [0.1, 0.15) is 11.5 Å². The van der Waals surface area contributed by atoms with Crippen LogP contribution in [0, 0.1) is 0 Å². The van der Waals surface area contributed by atoms with Crippen molar-refractivity contribution in [2.45, 2.75) is 13.3 Å². The summed E-state index contributed by atoms with van der Waals surface area (Å²) < 4.78 is 10.5. The van der Waals surface area contributed by atoms with Crippen molar-refractivity contribution in [1.82, 2.24) is 4.90 Å². The number of carbonyl (C=O) groups is 1. The first kappa shape index (κ1) is 14.6. The van der Waals surface area contributed by atoms with Crippen molar-refractivity contribution >= 4 is 11.9 Å². The lowest BCUT2D eigenvalue weighted by molar-refractivity contribution is -0.117. The Kier molecular flexibility index (Phi) is 4.79. The molecule has 0 radical (unpaired) electrons. The number of hydrogen-bond acceptors (Lipinski definition) is 4. The van der Waals surface area contributed by atoms with E-state index in [0.717, 1.165) is 35.7 Å². The summed E-state index contributed by atoms with van der Waals surface area (Å²) in [5.74, 6) is 1.69. The van der Waals surface area contributed by atoms with E-state index in [4.69, 9.17) is 9.47 Å². The summed E-state index contributed by atoms with van der Waals surface area (Å²) in [5.41, 5.74) is 1.76.